The van der Waals surface area contributed by atoms with Gasteiger partial charge in [0.15, 0.2) is 0 Å². The maximum absolute atomic E-state index is 11.3. The van der Waals surface area contributed by atoms with Gasteiger partial charge in [-0.05, 0) is 34.7 Å². The molecule has 0 saturated carbocycles. The molecule has 0 radical (unpaired) electrons. The quantitative estimate of drug-likeness (QED) is 0.573. The minimum atomic E-state index is 0.133. The molecule has 13 heavy (non-hydrogen) atoms. The summed E-state index contributed by atoms with van der Waals surface area (Å²) in [7, 11) is 0. The summed E-state index contributed by atoms with van der Waals surface area (Å²) in [6.07, 6.45) is 0.491. The van der Waals surface area contributed by atoms with Crippen molar-refractivity contribution in [1.29, 1.82) is 0 Å². The van der Waals surface area contributed by atoms with Crippen molar-refractivity contribution in [3.8, 4) is 0 Å². The summed E-state index contributed by atoms with van der Waals surface area (Å²) in [5.41, 5.74) is 1.83. The van der Waals surface area contributed by atoms with Gasteiger partial charge in [-0.1, -0.05) is 18.7 Å². The van der Waals surface area contributed by atoms with E-state index in [1.807, 2.05) is 24.3 Å². The monoisotopic (exact) mass is 285 g/mol. The van der Waals surface area contributed by atoms with Crippen molar-refractivity contribution in [2.24, 2.45) is 0 Å². The smallest absolute Gasteiger partial charge is 0.237 e. The van der Waals surface area contributed by atoms with E-state index in [-0.39, 0.29) is 5.91 Å². The average molecular weight is 285 g/mol. The topological polar surface area (TPSA) is 20.3 Å². The molecule has 1 saturated heterocycles. The summed E-state index contributed by atoms with van der Waals surface area (Å²) < 4.78 is 1.08. The van der Waals surface area contributed by atoms with Gasteiger partial charge < -0.3 is 0 Å². The van der Waals surface area contributed by atoms with Crippen LogP contribution in [0.25, 0.3) is 0 Å². The van der Waals surface area contributed by atoms with E-state index in [9.17, 15) is 4.79 Å². The van der Waals surface area contributed by atoms with Gasteiger partial charge in [0.25, 0.3) is 0 Å². The molecule has 0 aliphatic carbocycles. The van der Waals surface area contributed by atoms with E-state index in [1.54, 1.807) is 4.90 Å². The van der Waals surface area contributed by atoms with Gasteiger partial charge in [0.05, 0.1) is 12.1 Å². The zero-order valence-electron chi connectivity index (χ0n) is 6.96. The van der Waals surface area contributed by atoms with Gasteiger partial charge in [-0.2, -0.15) is 0 Å². The van der Waals surface area contributed by atoms with Crippen LogP contribution in [0, 0.1) is 3.57 Å². The van der Waals surface area contributed by atoms with Crippen molar-refractivity contribution in [1.82, 2.24) is 0 Å². The van der Waals surface area contributed by atoms with Crippen LogP contribution in [0.2, 0.25) is 0 Å². The van der Waals surface area contributed by atoms with E-state index in [2.05, 4.69) is 29.2 Å². The Hall–Kier alpha value is -0.840. The van der Waals surface area contributed by atoms with E-state index < -0.39 is 0 Å². The maximum atomic E-state index is 11.3. The number of hydrogen-bond acceptors (Lipinski definition) is 1. The Kier molecular flexibility index (Phi) is 2.11. The van der Waals surface area contributed by atoms with Gasteiger partial charge in [-0.3, -0.25) is 9.69 Å². The number of hydrogen-bond donors (Lipinski definition) is 0. The van der Waals surface area contributed by atoms with Gasteiger partial charge in [-0.15, -0.1) is 0 Å². The lowest BCUT2D eigenvalue weighted by Crippen LogP contribution is -2.41. The number of rotatable bonds is 1. The highest BCUT2D eigenvalue weighted by Gasteiger charge is 2.30. The standard InChI is InChI=1S/C10H8INO/c1-7-6-10(13)12(7)9-5-3-2-4-8(9)11/h2-5H,1,6H2. The van der Waals surface area contributed by atoms with Crippen molar-refractivity contribution in [2.45, 2.75) is 6.42 Å². The summed E-state index contributed by atoms with van der Waals surface area (Å²) in [6.45, 7) is 3.81. The molecule has 3 heteroatoms. The molecule has 1 heterocycles. The van der Waals surface area contributed by atoms with Gasteiger partial charge in [0.1, 0.15) is 0 Å². The van der Waals surface area contributed by atoms with Gasteiger partial charge in [-0.25, -0.2) is 0 Å². The maximum Gasteiger partial charge on any atom is 0.237 e. The van der Waals surface area contributed by atoms with Crippen LogP contribution >= 0.6 is 22.6 Å². The van der Waals surface area contributed by atoms with Crippen molar-refractivity contribution >= 4 is 34.2 Å². The van der Waals surface area contributed by atoms with Crippen LogP contribution in [0.4, 0.5) is 5.69 Å². The Labute approximate surface area is 90.4 Å². The number of benzene rings is 1. The van der Waals surface area contributed by atoms with Crippen LogP contribution in [-0.2, 0) is 4.79 Å². The number of para-hydroxylation sites is 1. The van der Waals surface area contributed by atoms with E-state index in [4.69, 9.17) is 0 Å². The number of carbonyl (C=O) groups excluding carboxylic acids is 1. The second-order valence-electron chi connectivity index (χ2n) is 2.92. The van der Waals surface area contributed by atoms with Crippen LogP contribution in [0.15, 0.2) is 36.5 Å². The van der Waals surface area contributed by atoms with Gasteiger partial charge in [0.2, 0.25) is 5.91 Å². The van der Waals surface area contributed by atoms with E-state index in [0.717, 1.165) is 15.0 Å². The minimum Gasteiger partial charge on any atom is -0.284 e. The fourth-order valence-corrected chi connectivity index (χ4v) is 1.98. The molecule has 1 amide bonds. The Morgan fingerprint density at radius 2 is 2.08 bits per heavy atom. The number of nitrogens with zero attached hydrogens (tertiary/aromatic N) is 1. The fraction of sp³-hybridized carbons (Fsp3) is 0.100. The molecule has 1 aliphatic heterocycles. The summed E-state index contributed by atoms with van der Waals surface area (Å²) in [4.78, 5) is 12.9. The SMILES string of the molecule is C=C1CC(=O)N1c1ccccc1I. The number of amides is 1. The molecule has 1 aromatic carbocycles. The first-order chi connectivity index (χ1) is 6.20. The Morgan fingerprint density at radius 1 is 1.38 bits per heavy atom. The molecule has 0 N–H and O–H groups in total. The molecule has 0 spiro atoms. The fourth-order valence-electron chi connectivity index (χ4n) is 1.36. The molecule has 0 atom stereocenters. The molecular weight excluding hydrogens is 277 g/mol. The van der Waals surface area contributed by atoms with E-state index >= 15 is 0 Å². The highest BCUT2D eigenvalue weighted by atomic mass is 127. The number of halogens is 1. The highest BCUT2D eigenvalue weighted by Crippen LogP contribution is 2.32. The predicted octanol–water partition coefficient (Wildman–Crippen LogP) is 2.54. The van der Waals surface area contributed by atoms with Crippen molar-refractivity contribution < 1.29 is 4.79 Å². The molecule has 0 bridgehead atoms. The van der Waals surface area contributed by atoms with Crippen LogP contribution in [0.1, 0.15) is 6.42 Å². The van der Waals surface area contributed by atoms with Crippen LogP contribution in [-0.4, -0.2) is 5.91 Å². The van der Waals surface area contributed by atoms with Crippen molar-refractivity contribution in [3.63, 3.8) is 0 Å². The zero-order valence-corrected chi connectivity index (χ0v) is 9.11. The summed E-state index contributed by atoms with van der Waals surface area (Å²) in [6, 6.07) is 7.80. The lowest BCUT2D eigenvalue weighted by atomic mass is 10.1. The summed E-state index contributed by atoms with van der Waals surface area (Å²) in [5, 5.41) is 0. The largest absolute Gasteiger partial charge is 0.284 e. The Balaban J connectivity index is 2.41. The molecule has 1 fully saturated rings. The molecule has 2 rings (SSSR count). The molecule has 66 valence electrons. The van der Waals surface area contributed by atoms with E-state index in [1.165, 1.54) is 0 Å². The second-order valence-corrected chi connectivity index (χ2v) is 4.09. The summed E-state index contributed by atoms with van der Waals surface area (Å²) >= 11 is 2.22. The molecule has 1 aromatic rings. The summed E-state index contributed by atoms with van der Waals surface area (Å²) in [5.74, 6) is 0.133. The average Bonchev–Trinajstić information content (AvgIpc) is 2.09. The first-order valence-electron chi connectivity index (χ1n) is 3.95. The Morgan fingerprint density at radius 3 is 2.62 bits per heavy atom. The molecular formula is C10H8INO. The van der Waals surface area contributed by atoms with E-state index in [0.29, 0.717) is 6.42 Å². The third-order valence-electron chi connectivity index (χ3n) is 2.01. The lowest BCUT2D eigenvalue weighted by molar-refractivity contribution is -0.120. The highest BCUT2D eigenvalue weighted by molar-refractivity contribution is 14.1. The first-order valence-corrected chi connectivity index (χ1v) is 5.03. The van der Waals surface area contributed by atoms with Gasteiger partial charge >= 0.3 is 0 Å². The molecule has 1 aliphatic rings. The molecule has 0 unspecified atom stereocenters. The number of anilines is 1. The second kappa shape index (κ2) is 3.14. The van der Waals surface area contributed by atoms with Gasteiger partial charge in [0, 0.05) is 9.27 Å². The number of carbonyl (C=O) groups is 1. The van der Waals surface area contributed by atoms with Crippen LogP contribution in [0.5, 0.6) is 0 Å². The third-order valence-corrected chi connectivity index (χ3v) is 2.93. The van der Waals surface area contributed by atoms with Crippen molar-refractivity contribution in [3.05, 3.63) is 40.1 Å². The first kappa shape index (κ1) is 8.74. The molecule has 0 aromatic heterocycles. The zero-order chi connectivity index (χ0) is 9.42. The number of β-lactam (4-membered cyclic amide) rings is 1. The van der Waals surface area contributed by atoms with Crippen molar-refractivity contribution in [2.75, 3.05) is 4.90 Å². The van der Waals surface area contributed by atoms with Crippen LogP contribution < -0.4 is 4.90 Å². The lowest BCUT2D eigenvalue weighted by Gasteiger charge is -2.33. The normalized spacial score (nSPS) is 15.9. The Bertz CT molecular complexity index is 372. The molecule has 2 nitrogen and oxygen atoms in total. The third kappa shape index (κ3) is 1.37. The minimum absolute atomic E-state index is 0.133. The van der Waals surface area contributed by atoms with Crippen LogP contribution in [0.3, 0.4) is 0 Å². The predicted molar refractivity (Wildman–Crippen MR) is 60.4 cm³/mol.